The van der Waals surface area contributed by atoms with Gasteiger partial charge in [-0.2, -0.15) is 0 Å². The van der Waals surface area contributed by atoms with Crippen LogP contribution in [0.1, 0.15) is 18.1 Å². The number of carbonyl (C=O) groups is 2. The normalized spacial score (nSPS) is 11.8. The highest BCUT2D eigenvalue weighted by atomic mass is 79.9. The number of likely N-dealkylation sites (N-methyl/N-ethyl adjacent to an activating group) is 1. The Balaban J connectivity index is 1.78. The summed E-state index contributed by atoms with van der Waals surface area (Å²) in [6, 6.07) is 28.1. The van der Waals surface area contributed by atoms with Gasteiger partial charge in [0.25, 0.3) is 10.0 Å². The van der Waals surface area contributed by atoms with Crippen molar-refractivity contribution < 1.29 is 22.7 Å². The van der Waals surface area contributed by atoms with E-state index < -0.39 is 28.5 Å². The molecule has 0 fully saturated rings. The average molecular weight is 699 g/mol. The van der Waals surface area contributed by atoms with Gasteiger partial charge >= 0.3 is 0 Å². The minimum absolute atomic E-state index is 0.0322. The van der Waals surface area contributed by atoms with E-state index in [1.807, 2.05) is 61.5 Å². The topological polar surface area (TPSA) is 96.0 Å². The number of anilines is 1. The lowest BCUT2D eigenvalue weighted by atomic mass is 10.0. The molecule has 1 N–H and O–H groups in total. The number of amides is 2. The van der Waals surface area contributed by atoms with Gasteiger partial charge in [0, 0.05) is 29.5 Å². The Bertz CT molecular complexity index is 1650. The molecule has 0 bridgehead atoms. The highest BCUT2D eigenvalue weighted by Crippen LogP contribution is 2.28. The van der Waals surface area contributed by atoms with Gasteiger partial charge in [0.2, 0.25) is 11.8 Å². The molecule has 0 aromatic heterocycles. The number of nitrogens with zero attached hydrogens (tertiary/aromatic N) is 2. The van der Waals surface area contributed by atoms with Gasteiger partial charge in [-0.15, -0.1) is 0 Å². The van der Waals surface area contributed by atoms with Gasteiger partial charge in [0.1, 0.15) is 18.3 Å². The largest absolute Gasteiger partial charge is 0.494 e. The van der Waals surface area contributed by atoms with Gasteiger partial charge in [0.05, 0.1) is 17.2 Å². The molecule has 4 aromatic carbocycles. The molecule has 8 nitrogen and oxygen atoms in total. The molecule has 0 saturated heterocycles. The standard InChI is InChI=1S/C33H33BrClN3O5S/c1-3-43-29-17-15-28(16-18-29)38(44(41,42)30-19-13-27(35)14-20-30)23-32(39)37(22-25-9-11-26(34)12-10-25)31(33(40)36-2)21-24-7-5-4-6-8-24/h4-20,31H,3,21-23H2,1-2H3,(H,36,40)/t31-/m1/s1. The van der Waals surface area contributed by atoms with E-state index in [0.717, 1.165) is 19.9 Å². The van der Waals surface area contributed by atoms with E-state index in [-0.39, 0.29) is 29.5 Å². The van der Waals surface area contributed by atoms with Crippen LogP contribution in [0.3, 0.4) is 0 Å². The molecular weight excluding hydrogens is 666 g/mol. The van der Waals surface area contributed by atoms with Crippen molar-refractivity contribution >= 4 is 55.1 Å². The summed E-state index contributed by atoms with van der Waals surface area (Å²) in [5.74, 6) is -0.359. The average Bonchev–Trinajstić information content (AvgIpc) is 3.03. The predicted molar refractivity (Wildman–Crippen MR) is 176 cm³/mol. The second-order valence-electron chi connectivity index (χ2n) is 9.86. The third-order valence-electron chi connectivity index (χ3n) is 6.90. The number of halogens is 2. The van der Waals surface area contributed by atoms with Crippen LogP contribution in [-0.4, -0.2) is 51.4 Å². The van der Waals surface area contributed by atoms with E-state index in [4.69, 9.17) is 16.3 Å². The fourth-order valence-corrected chi connectivity index (χ4v) is 6.45. The van der Waals surface area contributed by atoms with Crippen molar-refractivity contribution in [3.05, 3.63) is 124 Å². The lowest BCUT2D eigenvalue weighted by Gasteiger charge is -2.33. The Labute approximate surface area is 271 Å². The molecule has 0 unspecified atom stereocenters. The molecule has 0 heterocycles. The number of carbonyl (C=O) groups excluding carboxylic acids is 2. The highest BCUT2D eigenvalue weighted by molar-refractivity contribution is 9.10. The minimum atomic E-state index is -4.23. The summed E-state index contributed by atoms with van der Waals surface area (Å²) in [7, 11) is -2.72. The zero-order chi connectivity index (χ0) is 31.7. The fraction of sp³-hybridized carbons (Fsp3) is 0.212. The van der Waals surface area contributed by atoms with Gasteiger partial charge in [-0.1, -0.05) is 70.0 Å². The number of hydrogen-bond acceptors (Lipinski definition) is 5. The van der Waals surface area contributed by atoms with Crippen molar-refractivity contribution in [3.63, 3.8) is 0 Å². The molecule has 2 amide bonds. The van der Waals surface area contributed by atoms with Crippen molar-refractivity contribution in [1.29, 1.82) is 0 Å². The van der Waals surface area contributed by atoms with Crippen LogP contribution >= 0.6 is 27.5 Å². The molecule has 4 rings (SSSR count). The van der Waals surface area contributed by atoms with Gasteiger partial charge in [0.15, 0.2) is 0 Å². The molecule has 0 saturated carbocycles. The number of benzene rings is 4. The van der Waals surface area contributed by atoms with Crippen LogP contribution in [0.25, 0.3) is 0 Å². The summed E-state index contributed by atoms with van der Waals surface area (Å²) in [5, 5.41) is 3.06. The number of nitrogens with one attached hydrogen (secondary N) is 1. The molecule has 4 aromatic rings. The molecule has 11 heteroatoms. The molecule has 0 aliphatic carbocycles. The Morgan fingerprint density at radius 1 is 0.886 bits per heavy atom. The van der Waals surface area contributed by atoms with Gasteiger partial charge in [-0.05, 0) is 78.7 Å². The van der Waals surface area contributed by atoms with E-state index in [2.05, 4.69) is 21.2 Å². The van der Waals surface area contributed by atoms with E-state index in [1.165, 1.54) is 36.2 Å². The molecule has 0 radical (unpaired) electrons. The maximum Gasteiger partial charge on any atom is 0.264 e. The maximum absolute atomic E-state index is 14.3. The molecule has 44 heavy (non-hydrogen) atoms. The number of sulfonamides is 1. The second-order valence-corrected chi connectivity index (χ2v) is 13.1. The zero-order valence-electron chi connectivity index (χ0n) is 24.3. The third kappa shape index (κ3) is 8.40. The van der Waals surface area contributed by atoms with Crippen molar-refractivity contribution in [2.45, 2.75) is 30.8 Å². The van der Waals surface area contributed by atoms with Crippen LogP contribution in [0.2, 0.25) is 5.02 Å². The minimum Gasteiger partial charge on any atom is -0.494 e. The smallest absolute Gasteiger partial charge is 0.264 e. The van der Waals surface area contributed by atoms with E-state index >= 15 is 0 Å². The molecule has 0 aliphatic rings. The number of rotatable bonds is 13. The first-order chi connectivity index (χ1) is 21.1. The summed E-state index contributed by atoms with van der Waals surface area (Å²) in [6.07, 6.45) is 0.232. The summed E-state index contributed by atoms with van der Waals surface area (Å²) in [6.45, 7) is 1.81. The first-order valence-electron chi connectivity index (χ1n) is 13.9. The molecule has 0 aliphatic heterocycles. The Kier molecular flexibility index (Phi) is 11.4. The molecule has 230 valence electrons. The van der Waals surface area contributed by atoms with Gasteiger partial charge < -0.3 is 15.0 Å². The van der Waals surface area contributed by atoms with Gasteiger partial charge in [-0.25, -0.2) is 8.42 Å². The lowest BCUT2D eigenvalue weighted by Crippen LogP contribution is -2.53. The molecular formula is C33H33BrClN3O5S. The molecule has 0 spiro atoms. The number of ether oxygens (including phenoxy) is 1. The van der Waals surface area contributed by atoms with Crippen LogP contribution in [0, 0.1) is 0 Å². The van der Waals surface area contributed by atoms with E-state index in [9.17, 15) is 18.0 Å². The number of hydrogen-bond donors (Lipinski definition) is 1. The maximum atomic E-state index is 14.3. The van der Waals surface area contributed by atoms with E-state index in [0.29, 0.717) is 17.4 Å². The van der Waals surface area contributed by atoms with Crippen molar-refractivity contribution in [3.8, 4) is 5.75 Å². The van der Waals surface area contributed by atoms with Crippen molar-refractivity contribution in [1.82, 2.24) is 10.2 Å². The third-order valence-corrected chi connectivity index (χ3v) is 9.47. The Hall–Kier alpha value is -3.86. The summed E-state index contributed by atoms with van der Waals surface area (Å²) < 4.78 is 35.6. The van der Waals surface area contributed by atoms with Crippen molar-refractivity contribution in [2.75, 3.05) is 24.5 Å². The summed E-state index contributed by atoms with van der Waals surface area (Å²) in [5.41, 5.74) is 1.89. The van der Waals surface area contributed by atoms with Gasteiger partial charge in [-0.3, -0.25) is 13.9 Å². The molecule has 1 atom stereocenters. The lowest BCUT2D eigenvalue weighted by molar-refractivity contribution is -0.139. The summed E-state index contributed by atoms with van der Waals surface area (Å²) >= 11 is 9.47. The Morgan fingerprint density at radius 3 is 2.11 bits per heavy atom. The first kappa shape index (κ1) is 33.0. The fourth-order valence-electron chi connectivity index (χ4n) is 4.64. The second kappa shape index (κ2) is 15.2. The zero-order valence-corrected chi connectivity index (χ0v) is 27.5. The quantitative estimate of drug-likeness (QED) is 0.183. The highest BCUT2D eigenvalue weighted by Gasteiger charge is 2.34. The van der Waals surface area contributed by atoms with Crippen LogP contribution in [0.15, 0.2) is 112 Å². The van der Waals surface area contributed by atoms with E-state index in [1.54, 1.807) is 24.3 Å². The van der Waals surface area contributed by atoms with Crippen LogP contribution < -0.4 is 14.4 Å². The predicted octanol–water partition coefficient (Wildman–Crippen LogP) is 6.08. The Morgan fingerprint density at radius 2 is 1.52 bits per heavy atom. The first-order valence-corrected chi connectivity index (χ1v) is 16.5. The van der Waals surface area contributed by atoms with Crippen LogP contribution in [-0.2, 0) is 32.6 Å². The van der Waals surface area contributed by atoms with Crippen molar-refractivity contribution in [2.24, 2.45) is 0 Å². The monoisotopic (exact) mass is 697 g/mol. The summed E-state index contributed by atoms with van der Waals surface area (Å²) in [4.78, 5) is 29.1. The van der Waals surface area contributed by atoms with Crippen LogP contribution in [0.4, 0.5) is 5.69 Å². The SMILES string of the molecule is CCOc1ccc(N(CC(=O)N(Cc2ccc(Br)cc2)[C@H](Cc2ccccc2)C(=O)NC)S(=O)(=O)c2ccc(Cl)cc2)cc1. The van der Waals surface area contributed by atoms with Crippen LogP contribution in [0.5, 0.6) is 5.75 Å².